The van der Waals surface area contributed by atoms with Crippen molar-refractivity contribution < 1.29 is 22.8 Å². The lowest BCUT2D eigenvalue weighted by Crippen LogP contribution is -2.55. The fraction of sp³-hybridized carbons (Fsp3) is 0.348. The van der Waals surface area contributed by atoms with Gasteiger partial charge in [0.25, 0.3) is 0 Å². The molecule has 7 nitrogen and oxygen atoms in total. The van der Waals surface area contributed by atoms with Crippen LogP contribution in [0.4, 0.5) is 19.0 Å². The fourth-order valence-electron chi connectivity index (χ4n) is 4.14. The van der Waals surface area contributed by atoms with Crippen LogP contribution in [0.2, 0.25) is 5.02 Å². The molecule has 1 aromatic carbocycles. The molecule has 2 aromatic heterocycles. The molecular weight excluding hydrogens is 471 g/mol. The summed E-state index contributed by atoms with van der Waals surface area (Å²) in [6.45, 7) is 2.71. The molecular formula is C23H23ClF3N5O2. The third kappa shape index (κ3) is 5.11. The molecule has 0 radical (unpaired) electrons. The number of nitrogens with zero attached hydrogens (tertiary/aromatic N) is 3. The van der Waals surface area contributed by atoms with Gasteiger partial charge in [-0.3, -0.25) is 9.59 Å². The lowest BCUT2D eigenvalue weighted by atomic mass is 10.0. The van der Waals surface area contributed by atoms with Gasteiger partial charge in [-0.15, -0.1) is 0 Å². The predicted octanol–water partition coefficient (Wildman–Crippen LogP) is 3.63. The normalized spacial score (nSPS) is 15.4. The number of hydrogen-bond donors (Lipinski definition) is 2. The minimum Gasteiger partial charge on any atom is -0.361 e. The molecule has 1 fully saturated rings. The Morgan fingerprint density at radius 1 is 1.21 bits per heavy atom. The van der Waals surface area contributed by atoms with Crippen LogP contribution in [0.15, 0.2) is 42.7 Å². The Balaban J connectivity index is 1.44. The Kier molecular flexibility index (Phi) is 6.70. The molecule has 1 aliphatic heterocycles. The molecule has 3 heterocycles. The first-order chi connectivity index (χ1) is 16.1. The smallest absolute Gasteiger partial charge is 0.361 e. The van der Waals surface area contributed by atoms with E-state index in [2.05, 4.69) is 15.3 Å². The van der Waals surface area contributed by atoms with E-state index in [-0.39, 0.29) is 22.7 Å². The zero-order chi connectivity index (χ0) is 24.5. The molecule has 0 saturated carbocycles. The summed E-state index contributed by atoms with van der Waals surface area (Å²) in [5.74, 6) is -0.275. The van der Waals surface area contributed by atoms with E-state index in [0.717, 1.165) is 28.7 Å². The highest BCUT2D eigenvalue weighted by Gasteiger charge is 2.33. The number of nitrogens with one attached hydrogen (secondary N) is 2. The van der Waals surface area contributed by atoms with Crippen molar-refractivity contribution in [2.24, 2.45) is 0 Å². The SMILES string of the molecule is CC(=O)NC(Cc1c[nH]c2ccccc12)C(=O)N1CCN(c2ncc(C(F)(F)F)cc2Cl)CC1. The van der Waals surface area contributed by atoms with Gasteiger partial charge in [0.05, 0.1) is 10.6 Å². The lowest BCUT2D eigenvalue weighted by molar-refractivity contribution is -0.138. The summed E-state index contributed by atoms with van der Waals surface area (Å²) in [5, 5.41) is 3.65. The van der Waals surface area contributed by atoms with Crippen LogP contribution in [0.5, 0.6) is 0 Å². The Bertz CT molecular complexity index is 1200. The van der Waals surface area contributed by atoms with E-state index in [1.165, 1.54) is 6.92 Å². The van der Waals surface area contributed by atoms with E-state index in [1.807, 2.05) is 30.5 Å². The van der Waals surface area contributed by atoms with Crippen molar-refractivity contribution in [2.75, 3.05) is 31.1 Å². The molecule has 0 bridgehead atoms. The van der Waals surface area contributed by atoms with E-state index >= 15 is 0 Å². The van der Waals surface area contributed by atoms with Gasteiger partial charge < -0.3 is 20.1 Å². The van der Waals surface area contributed by atoms with Gasteiger partial charge in [0.2, 0.25) is 11.8 Å². The molecule has 2 amide bonds. The fourth-order valence-corrected chi connectivity index (χ4v) is 4.43. The highest BCUT2D eigenvalue weighted by molar-refractivity contribution is 6.33. The lowest BCUT2D eigenvalue weighted by Gasteiger charge is -2.37. The summed E-state index contributed by atoms with van der Waals surface area (Å²) >= 11 is 6.07. The highest BCUT2D eigenvalue weighted by atomic mass is 35.5. The number of fused-ring (bicyclic) bond motifs is 1. The van der Waals surface area contributed by atoms with Crippen molar-refractivity contribution in [1.29, 1.82) is 0 Å². The molecule has 1 unspecified atom stereocenters. The number of hydrogen-bond acceptors (Lipinski definition) is 4. The van der Waals surface area contributed by atoms with Crippen molar-refractivity contribution >= 4 is 40.1 Å². The number of H-pyrrole nitrogens is 1. The third-order valence-corrected chi connectivity index (χ3v) is 6.09. The Labute approximate surface area is 198 Å². The number of benzene rings is 1. The van der Waals surface area contributed by atoms with Gasteiger partial charge in [-0.2, -0.15) is 13.2 Å². The first kappa shape index (κ1) is 23.9. The number of anilines is 1. The molecule has 0 spiro atoms. The number of piperazine rings is 1. The Morgan fingerprint density at radius 2 is 1.91 bits per heavy atom. The average molecular weight is 494 g/mol. The second-order valence-electron chi connectivity index (χ2n) is 8.16. The van der Waals surface area contributed by atoms with E-state index < -0.39 is 17.8 Å². The number of rotatable bonds is 5. The first-order valence-electron chi connectivity index (χ1n) is 10.7. The number of aromatic amines is 1. The van der Waals surface area contributed by atoms with Crippen LogP contribution in [0.25, 0.3) is 10.9 Å². The minimum absolute atomic E-state index is 0.0925. The summed E-state index contributed by atoms with van der Waals surface area (Å²) in [6, 6.07) is 7.83. The maximum atomic E-state index is 13.3. The summed E-state index contributed by atoms with van der Waals surface area (Å²) in [5.41, 5.74) is 0.952. The standard InChI is InChI=1S/C23H23ClF3N5O2/c1-14(33)30-20(10-15-12-28-19-5-3-2-4-17(15)19)22(34)32-8-6-31(7-9-32)21-18(24)11-16(13-29-21)23(25,26)27/h2-5,11-13,20,28H,6-10H2,1H3,(H,30,33). The van der Waals surface area contributed by atoms with Crippen LogP contribution >= 0.6 is 11.6 Å². The van der Waals surface area contributed by atoms with Crippen LogP contribution in [0.1, 0.15) is 18.1 Å². The van der Waals surface area contributed by atoms with Crippen molar-refractivity contribution in [3.05, 3.63) is 58.9 Å². The molecule has 2 N–H and O–H groups in total. The second-order valence-corrected chi connectivity index (χ2v) is 8.56. The quantitative estimate of drug-likeness (QED) is 0.569. The van der Waals surface area contributed by atoms with Gasteiger partial charge in [0.15, 0.2) is 0 Å². The summed E-state index contributed by atoms with van der Waals surface area (Å²) in [6.07, 6.45) is -1.60. The van der Waals surface area contributed by atoms with E-state index in [4.69, 9.17) is 11.6 Å². The van der Waals surface area contributed by atoms with Crippen LogP contribution in [-0.2, 0) is 22.2 Å². The largest absolute Gasteiger partial charge is 0.417 e. The number of alkyl halides is 3. The molecule has 1 saturated heterocycles. The zero-order valence-electron chi connectivity index (χ0n) is 18.3. The van der Waals surface area contributed by atoms with Crippen molar-refractivity contribution in [3.63, 3.8) is 0 Å². The van der Waals surface area contributed by atoms with Crippen LogP contribution in [0, 0.1) is 0 Å². The van der Waals surface area contributed by atoms with Gasteiger partial charge in [-0.05, 0) is 17.7 Å². The zero-order valence-corrected chi connectivity index (χ0v) is 19.1. The van der Waals surface area contributed by atoms with Gasteiger partial charge in [-0.1, -0.05) is 29.8 Å². The van der Waals surface area contributed by atoms with Crippen molar-refractivity contribution in [3.8, 4) is 0 Å². The van der Waals surface area contributed by atoms with Crippen LogP contribution in [0.3, 0.4) is 0 Å². The van der Waals surface area contributed by atoms with E-state index in [0.29, 0.717) is 32.6 Å². The molecule has 3 aromatic rings. The summed E-state index contributed by atoms with van der Waals surface area (Å²) < 4.78 is 38.6. The molecule has 0 aliphatic carbocycles. The molecule has 1 aliphatic rings. The topological polar surface area (TPSA) is 81.3 Å². The number of pyridine rings is 1. The van der Waals surface area contributed by atoms with Crippen LogP contribution < -0.4 is 10.2 Å². The molecule has 1 atom stereocenters. The number of para-hydroxylation sites is 1. The molecule has 180 valence electrons. The molecule has 34 heavy (non-hydrogen) atoms. The van der Waals surface area contributed by atoms with Gasteiger partial charge in [0.1, 0.15) is 11.9 Å². The number of aromatic nitrogens is 2. The maximum Gasteiger partial charge on any atom is 0.417 e. The second kappa shape index (κ2) is 9.54. The molecule has 11 heteroatoms. The average Bonchev–Trinajstić information content (AvgIpc) is 3.20. The Morgan fingerprint density at radius 3 is 2.56 bits per heavy atom. The van der Waals surface area contributed by atoms with Gasteiger partial charge in [-0.25, -0.2) is 4.98 Å². The maximum absolute atomic E-state index is 13.3. The number of amides is 2. The number of halogens is 4. The predicted molar refractivity (Wildman–Crippen MR) is 123 cm³/mol. The van der Waals surface area contributed by atoms with Crippen LogP contribution in [-0.4, -0.2) is 58.9 Å². The highest BCUT2D eigenvalue weighted by Crippen LogP contribution is 2.33. The van der Waals surface area contributed by atoms with Gasteiger partial charge in [0, 0.05) is 62.8 Å². The monoisotopic (exact) mass is 493 g/mol. The first-order valence-corrected chi connectivity index (χ1v) is 11.1. The van der Waals surface area contributed by atoms with Crippen molar-refractivity contribution in [1.82, 2.24) is 20.2 Å². The number of carbonyl (C=O) groups excluding carboxylic acids is 2. The summed E-state index contributed by atoms with van der Waals surface area (Å²) in [7, 11) is 0. The minimum atomic E-state index is -4.52. The van der Waals surface area contributed by atoms with Gasteiger partial charge >= 0.3 is 6.18 Å². The van der Waals surface area contributed by atoms with E-state index in [9.17, 15) is 22.8 Å². The Hall–Kier alpha value is -3.27. The van der Waals surface area contributed by atoms with Crippen molar-refractivity contribution in [2.45, 2.75) is 25.6 Å². The number of carbonyl (C=O) groups is 2. The molecule has 4 rings (SSSR count). The van der Waals surface area contributed by atoms with E-state index in [1.54, 1.807) is 9.80 Å². The third-order valence-electron chi connectivity index (χ3n) is 5.81. The summed E-state index contributed by atoms with van der Waals surface area (Å²) in [4.78, 5) is 35.5.